The van der Waals surface area contributed by atoms with Crippen LogP contribution >= 0.6 is 27.5 Å². The van der Waals surface area contributed by atoms with E-state index in [1.165, 1.54) is 0 Å². The molecule has 82 valence electrons. The molecule has 3 nitrogen and oxygen atoms in total. The second kappa shape index (κ2) is 5.25. The van der Waals surface area contributed by atoms with Crippen LogP contribution in [0.25, 0.3) is 0 Å². The molecule has 0 amide bonds. The second-order valence-corrected chi connectivity index (χ2v) is 4.79. The number of nitrogens with zero attached hydrogens (tertiary/aromatic N) is 2. The molecule has 0 spiro atoms. The Morgan fingerprint density at radius 3 is 2.80 bits per heavy atom. The van der Waals surface area contributed by atoms with Crippen LogP contribution in [0.3, 0.4) is 0 Å². The van der Waals surface area contributed by atoms with Crippen LogP contribution in [0.2, 0.25) is 5.15 Å². The lowest BCUT2D eigenvalue weighted by molar-refractivity contribution is 0.0336. The summed E-state index contributed by atoms with van der Waals surface area (Å²) < 4.78 is 6.27. The predicted octanol–water partition coefficient (Wildman–Crippen LogP) is 2.33. The minimum absolute atomic E-state index is 0.535. The van der Waals surface area contributed by atoms with E-state index >= 15 is 0 Å². The Kier molecular flexibility index (Phi) is 3.97. The Morgan fingerprint density at radius 1 is 1.40 bits per heavy atom. The van der Waals surface area contributed by atoms with Crippen molar-refractivity contribution in [1.82, 2.24) is 9.88 Å². The second-order valence-electron chi connectivity index (χ2n) is 3.49. The Hall–Kier alpha value is -0.160. The topological polar surface area (TPSA) is 25.4 Å². The van der Waals surface area contributed by atoms with Crippen LogP contribution in [-0.2, 0) is 11.3 Å². The van der Waals surface area contributed by atoms with Gasteiger partial charge in [0.05, 0.1) is 18.9 Å². The average molecular weight is 292 g/mol. The number of aromatic nitrogens is 1. The predicted molar refractivity (Wildman–Crippen MR) is 63.0 cm³/mol. The van der Waals surface area contributed by atoms with E-state index in [0.717, 1.165) is 43.0 Å². The maximum absolute atomic E-state index is 5.88. The zero-order valence-corrected chi connectivity index (χ0v) is 10.6. The maximum Gasteiger partial charge on any atom is 0.130 e. The first kappa shape index (κ1) is 11.3. The summed E-state index contributed by atoms with van der Waals surface area (Å²) in [4.78, 5) is 6.60. The lowest BCUT2D eigenvalue weighted by Crippen LogP contribution is -2.35. The van der Waals surface area contributed by atoms with E-state index in [9.17, 15) is 0 Å². The van der Waals surface area contributed by atoms with Crippen LogP contribution in [0.5, 0.6) is 0 Å². The Bertz CT molecular complexity index is 322. The number of hydrogen-bond donors (Lipinski definition) is 0. The molecule has 5 heteroatoms. The third-order valence-corrected chi connectivity index (χ3v) is 2.95. The molecule has 1 aliphatic rings. The van der Waals surface area contributed by atoms with E-state index < -0.39 is 0 Å². The van der Waals surface area contributed by atoms with Gasteiger partial charge in [-0.15, -0.1) is 0 Å². The summed E-state index contributed by atoms with van der Waals surface area (Å²) in [6.07, 6.45) is 0. The van der Waals surface area contributed by atoms with Crippen LogP contribution in [0, 0.1) is 0 Å². The van der Waals surface area contributed by atoms with Crippen molar-refractivity contribution in [2.75, 3.05) is 26.3 Å². The SMILES string of the molecule is Clc1cc(Br)cc(CN2CCOCC2)n1. The molecule has 0 aromatic carbocycles. The monoisotopic (exact) mass is 290 g/mol. The molecule has 1 fully saturated rings. The first-order chi connectivity index (χ1) is 7.24. The number of morpholine rings is 1. The molecule has 1 saturated heterocycles. The Balaban J connectivity index is 2.02. The summed E-state index contributed by atoms with van der Waals surface area (Å²) in [6, 6.07) is 3.80. The molecule has 0 unspecified atom stereocenters. The third-order valence-electron chi connectivity index (χ3n) is 2.30. The Morgan fingerprint density at radius 2 is 2.13 bits per heavy atom. The minimum atomic E-state index is 0.535. The fraction of sp³-hybridized carbons (Fsp3) is 0.500. The number of hydrogen-bond acceptors (Lipinski definition) is 3. The smallest absolute Gasteiger partial charge is 0.130 e. The standard InChI is InChI=1S/C10H12BrClN2O/c11-8-5-9(13-10(12)6-8)7-14-1-3-15-4-2-14/h5-6H,1-4,7H2. The van der Waals surface area contributed by atoms with Crippen LogP contribution in [0.4, 0.5) is 0 Å². The van der Waals surface area contributed by atoms with E-state index in [4.69, 9.17) is 16.3 Å². The first-order valence-electron chi connectivity index (χ1n) is 4.86. The van der Waals surface area contributed by atoms with Gasteiger partial charge in [-0.05, 0) is 12.1 Å². The summed E-state index contributed by atoms with van der Waals surface area (Å²) in [5, 5.41) is 0.535. The Labute approximate surface area is 103 Å². The quantitative estimate of drug-likeness (QED) is 0.782. The van der Waals surface area contributed by atoms with Crippen LogP contribution < -0.4 is 0 Å². The molecule has 0 bridgehead atoms. The van der Waals surface area contributed by atoms with Crippen molar-refractivity contribution >= 4 is 27.5 Å². The van der Waals surface area contributed by atoms with Gasteiger partial charge in [0, 0.05) is 24.1 Å². The molecule has 1 aromatic rings. The number of ether oxygens (including phenoxy) is 1. The number of pyridine rings is 1. The summed E-state index contributed by atoms with van der Waals surface area (Å²) in [6.45, 7) is 4.38. The van der Waals surface area contributed by atoms with E-state index in [1.807, 2.05) is 6.07 Å². The van der Waals surface area contributed by atoms with Crippen molar-refractivity contribution in [1.29, 1.82) is 0 Å². The summed E-state index contributed by atoms with van der Waals surface area (Å²) in [7, 11) is 0. The molecule has 1 aromatic heterocycles. The fourth-order valence-electron chi connectivity index (χ4n) is 1.59. The highest BCUT2D eigenvalue weighted by Gasteiger charge is 2.11. The molecule has 0 N–H and O–H groups in total. The highest BCUT2D eigenvalue weighted by Crippen LogP contribution is 2.17. The number of rotatable bonds is 2. The van der Waals surface area contributed by atoms with Gasteiger partial charge in [0.15, 0.2) is 0 Å². The zero-order chi connectivity index (χ0) is 10.7. The molecule has 15 heavy (non-hydrogen) atoms. The highest BCUT2D eigenvalue weighted by molar-refractivity contribution is 9.10. The van der Waals surface area contributed by atoms with E-state index in [-0.39, 0.29) is 0 Å². The molecule has 0 atom stereocenters. The fourth-order valence-corrected chi connectivity index (χ4v) is 2.42. The lowest BCUT2D eigenvalue weighted by atomic mass is 10.3. The minimum Gasteiger partial charge on any atom is -0.379 e. The summed E-state index contributed by atoms with van der Waals surface area (Å²) in [5.74, 6) is 0. The van der Waals surface area contributed by atoms with Gasteiger partial charge in [0.25, 0.3) is 0 Å². The zero-order valence-electron chi connectivity index (χ0n) is 8.25. The van der Waals surface area contributed by atoms with Crippen molar-refractivity contribution in [3.05, 3.63) is 27.5 Å². The van der Waals surface area contributed by atoms with Gasteiger partial charge in [-0.1, -0.05) is 27.5 Å². The first-order valence-corrected chi connectivity index (χ1v) is 6.03. The van der Waals surface area contributed by atoms with Crippen LogP contribution in [0.1, 0.15) is 5.69 Å². The molecule has 2 rings (SSSR count). The van der Waals surface area contributed by atoms with E-state index in [1.54, 1.807) is 6.07 Å². The average Bonchev–Trinajstić information content (AvgIpc) is 2.17. The molecular weight excluding hydrogens is 279 g/mol. The summed E-state index contributed by atoms with van der Waals surface area (Å²) >= 11 is 9.29. The maximum atomic E-state index is 5.88. The molecule has 0 aliphatic carbocycles. The molecule has 0 saturated carbocycles. The molecule has 0 radical (unpaired) electrons. The molecule has 2 heterocycles. The van der Waals surface area contributed by atoms with Crippen LogP contribution in [-0.4, -0.2) is 36.2 Å². The van der Waals surface area contributed by atoms with Gasteiger partial charge in [-0.2, -0.15) is 0 Å². The normalized spacial score (nSPS) is 18.0. The van der Waals surface area contributed by atoms with Gasteiger partial charge in [0.2, 0.25) is 0 Å². The third kappa shape index (κ3) is 3.41. The van der Waals surface area contributed by atoms with Crippen molar-refractivity contribution in [2.24, 2.45) is 0 Å². The molecule has 1 aliphatic heterocycles. The largest absolute Gasteiger partial charge is 0.379 e. The van der Waals surface area contributed by atoms with Gasteiger partial charge in [-0.3, -0.25) is 4.90 Å². The lowest BCUT2D eigenvalue weighted by Gasteiger charge is -2.26. The van der Waals surface area contributed by atoms with Gasteiger partial charge in [0.1, 0.15) is 5.15 Å². The van der Waals surface area contributed by atoms with Crippen molar-refractivity contribution in [2.45, 2.75) is 6.54 Å². The van der Waals surface area contributed by atoms with Gasteiger partial charge in [-0.25, -0.2) is 4.98 Å². The van der Waals surface area contributed by atoms with Gasteiger partial charge >= 0.3 is 0 Å². The molecular formula is C10H12BrClN2O. The van der Waals surface area contributed by atoms with E-state index in [2.05, 4.69) is 25.8 Å². The van der Waals surface area contributed by atoms with Gasteiger partial charge < -0.3 is 4.74 Å². The van der Waals surface area contributed by atoms with E-state index in [0.29, 0.717) is 5.15 Å². The van der Waals surface area contributed by atoms with Crippen molar-refractivity contribution < 1.29 is 4.74 Å². The summed E-state index contributed by atoms with van der Waals surface area (Å²) in [5.41, 5.74) is 0.997. The van der Waals surface area contributed by atoms with Crippen LogP contribution in [0.15, 0.2) is 16.6 Å². The van der Waals surface area contributed by atoms with Crippen molar-refractivity contribution in [3.8, 4) is 0 Å². The highest BCUT2D eigenvalue weighted by atomic mass is 79.9. The van der Waals surface area contributed by atoms with Crippen molar-refractivity contribution in [3.63, 3.8) is 0 Å². The number of halogens is 2.